The van der Waals surface area contributed by atoms with Crippen LogP contribution in [-0.2, 0) is 4.74 Å². The molecule has 0 aliphatic carbocycles. The number of hydrogen-bond acceptors (Lipinski definition) is 6. The number of nitrogens with zero attached hydrogens (tertiary/aromatic N) is 2. The first kappa shape index (κ1) is 26.4. The molecule has 12 heteroatoms. The number of ether oxygens (including phenoxy) is 1. The zero-order valence-electron chi connectivity index (χ0n) is 19.5. The molecule has 1 fully saturated rings. The number of carbonyl (C=O) groups is 2. The fourth-order valence-corrected chi connectivity index (χ4v) is 4.60. The van der Waals surface area contributed by atoms with Crippen molar-refractivity contribution in [2.75, 3.05) is 25.5 Å². The lowest BCUT2D eigenvalue weighted by molar-refractivity contribution is 0.0844. The van der Waals surface area contributed by atoms with E-state index in [9.17, 15) is 14.0 Å². The molecule has 194 valence electrons. The summed E-state index contributed by atoms with van der Waals surface area (Å²) in [6, 6.07) is 6.88. The smallest absolute Gasteiger partial charge is 0.404 e. The Kier molecular flexibility index (Phi) is 8.29. The number of anilines is 1. The predicted octanol–water partition coefficient (Wildman–Crippen LogP) is 4.40. The molecule has 1 unspecified atom stereocenters. The quantitative estimate of drug-likeness (QED) is 0.327. The third kappa shape index (κ3) is 6.57. The maximum atomic E-state index is 15.1. The van der Waals surface area contributed by atoms with E-state index in [1.165, 1.54) is 24.3 Å². The molecule has 4 rings (SSSR count). The highest BCUT2D eigenvalue weighted by atomic mass is 79.9. The first-order valence-corrected chi connectivity index (χ1v) is 12.2. The zero-order valence-corrected chi connectivity index (χ0v) is 21.1. The van der Waals surface area contributed by atoms with Crippen molar-refractivity contribution in [1.29, 1.82) is 0 Å². The lowest BCUT2D eigenvalue weighted by Gasteiger charge is -2.22. The molecule has 2 heterocycles. The minimum absolute atomic E-state index is 0.129. The number of carboxylic acid groups (broad SMARTS) is 1. The van der Waals surface area contributed by atoms with Crippen molar-refractivity contribution in [2.24, 2.45) is 0 Å². The molecule has 5 N–H and O–H groups in total. The van der Waals surface area contributed by atoms with E-state index in [0.29, 0.717) is 34.5 Å². The van der Waals surface area contributed by atoms with E-state index in [2.05, 4.69) is 36.5 Å². The minimum atomic E-state index is -1.33. The van der Waals surface area contributed by atoms with E-state index in [1.807, 2.05) is 0 Å². The average molecular weight is 576 g/mol. The zero-order chi connectivity index (χ0) is 26.5. The fourth-order valence-electron chi connectivity index (χ4n) is 4.12. The van der Waals surface area contributed by atoms with Crippen molar-refractivity contribution in [3.8, 4) is 11.3 Å². The molecule has 0 spiro atoms. The lowest BCUT2D eigenvalue weighted by Crippen LogP contribution is -2.37. The summed E-state index contributed by atoms with van der Waals surface area (Å²) in [5, 5.41) is 13.7. The molecule has 37 heavy (non-hydrogen) atoms. The van der Waals surface area contributed by atoms with E-state index < -0.39 is 29.7 Å². The van der Waals surface area contributed by atoms with Gasteiger partial charge in [0.05, 0.1) is 23.5 Å². The van der Waals surface area contributed by atoms with Gasteiger partial charge in [-0.2, -0.15) is 0 Å². The highest BCUT2D eigenvalue weighted by Crippen LogP contribution is 2.30. The second-order valence-corrected chi connectivity index (χ2v) is 9.44. The number of rotatable bonds is 7. The summed E-state index contributed by atoms with van der Waals surface area (Å²) in [5.74, 6) is -1.94. The molecular formula is C25H24BrF2N5O4. The normalized spacial score (nSPS) is 14.7. The third-order valence-corrected chi connectivity index (χ3v) is 6.45. The molecule has 1 aromatic heterocycles. The van der Waals surface area contributed by atoms with Crippen LogP contribution in [0.3, 0.4) is 0 Å². The van der Waals surface area contributed by atoms with E-state index in [4.69, 9.17) is 15.6 Å². The van der Waals surface area contributed by atoms with Crippen molar-refractivity contribution >= 4 is 33.7 Å². The molecule has 1 aliphatic rings. The van der Waals surface area contributed by atoms with Gasteiger partial charge in [0.2, 0.25) is 0 Å². The molecule has 1 atom stereocenters. The number of nitrogens with one attached hydrogen (secondary N) is 2. The van der Waals surface area contributed by atoms with Crippen molar-refractivity contribution in [3.63, 3.8) is 0 Å². The number of nitrogens with two attached hydrogens (primary N) is 1. The third-order valence-electron chi connectivity index (χ3n) is 6.00. The van der Waals surface area contributed by atoms with E-state index in [0.717, 1.165) is 30.7 Å². The van der Waals surface area contributed by atoms with Crippen molar-refractivity contribution in [3.05, 3.63) is 75.5 Å². The van der Waals surface area contributed by atoms with Gasteiger partial charge in [0.25, 0.3) is 5.91 Å². The standard InChI is InChI=1S/C25H24BrF2N5O4/c26-16-7-15(8-17(27)10-16)21(12-31-25(35)36)33-24(34)18-2-1-14(9-19(18)28)22-23(29)30-11-20(32-22)13-3-5-37-6-4-13/h1-2,7-11,13,21,31H,3-6,12H2,(H2,29,30)(H,33,34)(H,35,36). The Morgan fingerprint density at radius 1 is 1.19 bits per heavy atom. The van der Waals surface area contributed by atoms with Crippen LogP contribution in [0.2, 0.25) is 0 Å². The molecule has 9 nitrogen and oxygen atoms in total. The molecule has 1 saturated heterocycles. The summed E-state index contributed by atoms with van der Waals surface area (Å²) in [6.45, 7) is 0.988. The first-order chi connectivity index (χ1) is 17.7. The van der Waals surface area contributed by atoms with Crippen molar-refractivity contribution in [1.82, 2.24) is 20.6 Å². The molecule has 3 aromatic rings. The van der Waals surface area contributed by atoms with Gasteiger partial charge in [0.15, 0.2) is 0 Å². The monoisotopic (exact) mass is 575 g/mol. The molecule has 2 amide bonds. The number of aromatic nitrogens is 2. The van der Waals surface area contributed by atoms with Crippen LogP contribution in [0.25, 0.3) is 11.3 Å². The Morgan fingerprint density at radius 2 is 1.95 bits per heavy atom. The molecule has 0 saturated carbocycles. The van der Waals surface area contributed by atoms with Gasteiger partial charge >= 0.3 is 6.09 Å². The van der Waals surface area contributed by atoms with E-state index in [1.54, 1.807) is 6.20 Å². The Bertz CT molecular complexity index is 1300. The predicted molar refractivity (Wildman–Crippen MR) is 135 cm³/mol. The van der Waals surface area contributed by atoms with Crippen LogP contribution < -0.4 is 16.4 Å². The second-order valence-electron chi connectivity index (χ2n) is 8.52. The maximum Gasteiger partial charge on any atom is 0.404 e. The molecule has 0 bridgehead atoms. The van der Waals surface area contributed by atoms with Crippen molar-refractivity contribution < 1.29 is 28.2 Å². The number of benzene rings is 2. The molecule has 0 radical (unpaired) electrons. The topological polar surface area (TPSA) is 139 Å². The van der Waals surface area contributed by atoms with Gasteiger partial charge < -0.3 is 26.2 Å². The first-order valence-electron chi connectivity index (χ1n) is 11.4. The van der Waals surface area contributed by atoms with Gasteiger partial charge in [0.1, 0.15) is 23.1 Å². The van der Waals surface area contributed by atoms with Crippen LogP contribution >= 0.6 is 15.9 Å². The largest absolute Gasteiger partial charge is 0.465 e. The van der Waals surface area contributed by atoms with Gasteiger partial charge in [0, 0.05) is 35.7 Å². The van der Waals surface area contributed by atoms with Crippen LogP contribution in [-0.4, -0.2) is 46.8 Å². The number of carbonyl (C=O) groups excluding carboxylic acids is 1. The van der Waals surface area contributed by atoms with Crippen LogP contribution in [0.5, 0.6) is 0 Å². The summed E-state index contributed by atoms with van der Waals surface area (Å²) in [7, 11) is 0. The number of hydrogen-bond donors (Lipinski definition) is 4. The van der Waals surface area contributed by atoms with Crippen LogP contribution in [0.15, 0.2) is 47.1 Å². The summed E-state index contributed by atoms with van der Waals surface area (Å²) < 4.78 is 34.8. The maximum absolute atomic E-state index is 15.1. The fraction of sp³-hybridized carbons (Fsp3) is 0.280. The highest BCUT2D eigenvalue weighted by molar-refractivity contribution is 9.10. The Labute approximate surface area is 219 Å². The molecule has 1 aliphatic heterocycles. The summed E-state index contributed by atoms with van der Waals surface area (Å²) in [4.78, 5) is 32.8. The van der Waals surface area contributed by atoms with Gasteiger partial charge in [-0.25, -0.2) is 23.5 Å². The lowest BCUT2D eigenvalue weighted by atomic mass is 9.96. The summed E-state index contributed by atoms with van der Waals surface area (Å²) in [5.41, 5.74) is 7.43. The number of nitrogen functional groups attached to an aromatic ring is 1. The van der Waals surface area contributed by atoms with Crippen LogP contribution in [0.1, 0.15) is 46.4 Å². The Balaban J connectivity index is 1.58. The number of halogens is 3. The van der Waals surface area contributed by atoms with Gasteiger partial charge in [-0.1, -0.05) is 22.0 Å². The van der Waals surface area contributed by atoms with Gasteiger partial charge in [-0.05, 0) is 48.7 Å². The molecular weight excluding hydrogens is 552 g/mol. The van der Waals surface area contributed by atoms with E-state index >= 15 is 4.39 Å². The Hall–Kier alpha value is -3.64. The summed E-state index contributed by atoms with van der Waals surface area (Å²) >= 11 is 3.17. The van der Waals surface area contributed by atoms with Gasteiger partial charge in [-0.3, -0.25) is 4.79 Å². The van der Waals surface area contributed by atoms with Crippen LogP contribution in [0, 0.1) is 11.6 Å². The van der Waals surface area contributed by atoms with Crippen molar-refractivity contribution in [2.45, 2.75) is 24.8 Å². The van der Waals surface area contributed by atoms with Gasteiger partial charge in [-0.15, -0.1) is 0 Å². The minimum Gasteiger partial charge on any atom is -0.465 e. The van der Waals surface area contributed by atoms with Crippen LogP contribution in [0.4, 0.5) is 19.4 Å². The summed E-state index contributed by atoms with van der Waals surface area (Å²) in [6.07, 6.45) is 1.88. The SMILES string of the molecule is Nc1ncc(C2CCOCC2)nc1-c1ccc(C(=O)NC(CNC(=O)O)c2cc(F)cc(Br)c2)c(F)c1. The second kappa shape index (κ2) is 11.6. The Morgan fingerprint density at radius 3 is 2.62 bits per heavy atom. The average Bonchev–Trinajstić information content (AvgIpc) is 2.86. The number of amides is 2. The highest BCUT2D eigenvalue weighted by Gasteiger charge is 2.22. The van der Waals surface area contributed by atoms with E-state index in [-0.39, 0.29) is 23.8 Å². The molecule has 2 aromatic carbocycles.